The number of nitrogens with zero attached hydrogens (tertiary/aromatic N) is 1. The lowest BCUT2D eigenvalue weighted by molar-refractivity contribution is 0.0164. The molecule has 4 heteroatoms. The summed E-state index contributed by atoms with van der Waals surface area (Å²) in [7, 11) is 0. The number of fused-ring (bicyclic) bond motifs is 4. The van der Waals surface area contributed by atoms with Crippen LogP contribution in [0.15, 0.2) is 23.0 Å². The maximum absolute atomic E-state index is 11.6. The summed E-state index contributed by atoms with van der Waals surface area (Å²) in [5.74, 6) is -0.0507. The molecule has 1 aliphatic heterocycles. The number of aliphatic hydroxyl groups is 2. The van der Waals surface area contributed by atoms with Gasteiger partial charge < -0.3 is 14.8 Å². The van der Waals surface area contributed by atoms with Crippen LogP contribution in [0.5, 0.6) is 0 Å². The Morgan fingerprint density at radius 1 is 1.27 bits per heavy atom. The fourth-order valence-electron chi connectivity index (χ4n) is 2.89. The monoisotopic (exact) mass is 207 g/mol. The molecule has 80 valence electrons. The molecule has 2 bridgehead atoms. The van der Waals surface area contributed by atoms with Crippen LogP contribution in [0.2, 0.25) is 0 Å². The van der Waals surface area contributed by atoms with Crippen LogP contribution in [0.1, 0.15) is 18.0 Å². The average Bonchev–Trinajstić information content (AvgIpc) is 2.46. The van der Waals surface area contributed by atoms with Gasteiger partial charge in [0.05, 0.1) is 12.2 Å². The van der Waals surface area contributed by atoms with Crippen molar-refractivity contribution >= 4 is 0 Å². The quantitative estimate of drug-likeness (QED) is 0.613. The van der Waals surface area contributed by atoms with E-state index in [1.54, 1.807) is 10.6 Å². The third-order valence-corrected chi connectivity index (χ3v) is 3.68. The molecule has 0 aromatic carbocycles. The van der Waals surface area contributed by atoms with Gasteiger partial charge in [0.2, 0.25) is 0 Å². The standard InChI is InChI=1S/C11H13NO3/c13-9-3-1-2-8-7-4-6(5-12(8)9)10(14)11(7)15/h1-3,6-7,10-11,14-15H,4-5H2/t6-,7+,10?,11?/m1/s1. The third kappa shape index (κ3) is 1.12. The summed E-state index contributed by atoms with van der Waals surface area (Å²) in [5, 5.41) is 19.6. The number of hydrogen-bond donors (Lipinski definition) is 2. The Morgan fingerprint density at radius 3 is 2.87 bits per heavy atom. The van der Waals surface area contributed by atoms with E-state index in [-0.39, 0.29) is 17.4 Å². The van der Waals surface area contributed by atoms with Crippen molar-refractivity contribution in [1.82, 2.24) is 4.57 Å². The molecule has 1 aromatic rings. The van der Waals surface area contributed by atoms with E-state index in [9.17, 15) is 15.0 Å². The first-order valence-corrected chi connectivity index (χ1v) is 5.24. The first-order valence-electron chi connectivity index (χ1n) is 5.24. The van der Waals surface area contributed by atoms with Gasteiger partial charge in [-0.05, 0) is 12.5 Å². The second-order valence-corrected chi connectivity index (χ2v) is 4.48. The summed E-state index contributed by atoms with van der Waals surface area (Å²) in [4.78, 5) is 11.6. The minimum Gasteiger partial charge on any atom is -0.390 e. The topological polar surface area (TPSA) is 62.5 Å². The van der Waals surface area contributed by atoms with Crippen molar-refractivity contribution in [3.63, 3.8) is 0 Å². The van der Waals surface area contributed by atoms with Crippen molar-refractivity contribution < 1.29 is 10.2 Å². The van der Waals surface area contributed by atoms with Crippen molar-refractivity contribution in [3.05, 3.63) is 34.2 Å². The maximum Gasteiger partial charge on any atom is 0.250 e. The molecule has 0 amide bonds. The lowest BCUT2D eigenvalue weighted by atomic mass is 9.95. The smallest absolute Gasteiger partial charge is 0.250 e. The molecule has 2 unspecified atom stereocenters. The average molecular weight is 207 g/mol. The van der Waals surface area contributed by atoms with Gasteiger partial charge in [-0.25, -0.2) is 0 Å². The van der Waals surface area contributed by atoms with E-state index in [0.29, 0.717) is 6.54 Å². The van der Waals surface area contributed by atoms with Crippen molar-refractivity contribution in [1.29, 1.82) is 0 Å². The van der Waals surface area contributed by atoms with Crippen LogP contribution in [0.4, 0.5) is 0 Å². The van der Waals surface area contributed by atoms with Gasteiger partial charge in [0.1, 0.15) is 0 Å². The van der Waals surface area contributed by atoms with E-state index in [0.717, 1.165) is 12.1 Å². The molecule has 2 aliphatic rings. The molecule has 2 N–H and O–H groups in total. The maximum atomic E-state index is 11.6. The van der Waals surface area contributed by atoms with E-state index in [1.807, 2.05) is 6.07 Å². The molecule has 1 saturated carbocycles. The van der Waals surface area contributed by atoms with E-state index < -0.39 is 12.2 Å². The van der Waals surface area contributed by atoms with Crippen molar-refractivity contribution in [2.75, 3.05) is 0 Å². The third-order valence-electron chi connectivity index (χ3n) is 3.68. The Bertz CT molecular complexity index is 453. The van der Waals surface area contributed by atoms with E-state index in [2.05, 4.69) is 0 Å². The highest BCUT2D eigenvalue weighted by Crippen LogP contribution is 2.42. The highest BCUT2D eigenvalue weighted by atomic mass is 16.3. The van der Waals surface area contributed by atoms with Gasteiger partial charge in [0.25, 0.3) is 5.56 Å². The highest BCUT2D eigenvalue weighted by Gasteiger charge is 2.46. The minimum absolute atomic E-state index is 0.0256. The van der Waals surface area contributed by atoms with E-state index >= 15 is 0 Å². The summed E-state index contributed by atoms with van der Waals surface area (Å²) in [6, 6.07) is 5.10. The van der Waals surface area contributed by atoms with Gasteiger partial charge in [0.15, 0.2) is 0 Å². The number of hydrogen-bond acceptors (Lipinski definition) is 3. The molecule has 0 saturated heterocycles. The molecule has 1 aromatic heterocycles. The van der Waals surface area contributed by atoms with Crippen LogP contribution in [0, 0.1) is 5.92 Å². The summed E-state index contributed by atoms with van der Waals surface area (Å²) in [5.41, 5.74) is 0.825. The first-order chi connectivity index (χ1) is 7.18. The fourth-order valence-corrected chi connectivity index (χ4v) is 2.89. The Labute approximate surface area is 86.8 Å². The number of aliphatic hydroxyl groups excluding tert-OH is 2. The zero-order valence-corrected chi connectivity index (χ0v) is 8.21. The molecule has 2 heterocycles. The summed E-state index contributed by atoms with van der Waals surface area (Å²) in [6.07, 6.45) is -0.619. The first kappa shape index (κ1) is 9.12. The molecule has 0 radical (unpaired) electrons. The van der Waals surface area contributed by atoms with Crippen molar-refractivity contribution in [3.8, 4) is 0 Å². The summed E-state index contributed by atoms with van der Waals surface area (Å²) < 4.78 is 1.68. The molecule has 1 fully saturated rings. The Hall–Kier alpha value is -1.13. The van der Waals surface area contributed by atoms with Crippen LogP contribution in [0.25, 0.3) is 0 Å². The van der Waals surface area contributed by atoms with E-state index in [1.165, 1.54) is 6.07 Å². The van der Waals surface area contributed by atoms with Gasteiger partial charge in [0, 0.05) is 30.1 Å². The van der Waals surface area contributed by atoms with Crippen LogP contribution in [0.3, 0.4) is 0 Å². The number of pyridine rings is 1. The lowest BCUT2D eigenvalue weighted by Gasteiger charge is -2.24. The Kier molecular flexibility index (Phi) is 1.78. The zero-order chi connectivity index (χ0) is 10.6. The molecule has 0 spiro atoms. The van der Waals surface area contributed by atoms with Gasteiger partial charge >= 0.3 is 0 Å². The molecule has 4 atom stereocenters. The normalized spacial score (nSPS) is 37.7. The predicted octanol–water partition coefficient (Wildman–Crippen LogP) is -0.313. The molecule has 4 nitrogen and oxygen atoms in total. The zero-order valence-electron chi connectivity index (χ0n) is 8.21. The fraction of sp³-hybridized carbons (Fsp3) is 0.545. The SMILES string of the molecule is O=c1cccc2n1C[C@H]1C[C@@H]2C(O)C1O. The van der Waals surface area contributed by atoms with Crippen LogP contribution >= 0.6 is 0 Å². The number of aromatic nitrogens is 1. The van der Waals surface area contributed by atoms with Crippen LogP contribution in [-0.4, -0.2) is 27.0 Å². The highest BCUT2D eigenvalue weighted by molar-refractivity contribution is 5.20. The van der Waals surface area contributed by atoms with Gasteiger partial charge in [-0.15, -0.1) is 0 Å². The Morgan fingerprint density at radius 2 is 2.07 bits per heavy atom. The summed E-state index contributed by atoms with van der Waals surface area (Å²) >= 11 is 0. The molecular weight excluding hydrogens is 194 g/mol. The largest absolute Gasteiger partial charge is 0.390 e. The minimum atomic E-state index is -0.717. The number of rotatable bonds is 0. The predicted molar refractivity (Wildman–Crippen MR) is 53.6 cm³/mol. The van der Waals surface area contributed by atoms with Crippen LogP contribution in [-0.2, 0) is 6.54 Å². The summed E-state index contributed by atoms with van der Waals surface area (Å²) in [6.45, 7) is 0.531. The van der Waals surface area contributed by atoms with Crippen LogP contribution < -0.4 is 5.56 Å². The van der Waals surface area contributed by atoms with Crippen molar-refractivity contribution in [2.45, 2.75) is 31.1 Å². The molecule has 1 aliphatic carbocycles. The van der Waals surface area contributed by atoms with Gasteiger partial charge in [-0.1, -0.05) is 6.07 Å². The molecule has 3 rings (SSSR count). The van der Waals surface area contributed by atoms with Gasteiger partial charge in [-0.3, -0.25) is 4.79 Å². The Balaban J connectivity index is 2.17. The lowest BCUT2D eigenvalue weighted by Crippen LogP contribution is -2.30. The van der Waals surface area contributed by atoms with E-state index in [4.69, 9.17) is 0 Å². The second kappa shape index (κ2) is 2.93. The van der Waals surface area contributed by atoms with Crippen molar-refractivity contribution in [2.24, 2.45) is 5.92 Å². The second-order valence-electron chi connectivity index (χ2n) is 4.48. The molecular formula is C11H13NO3. The molecule has 15 heavy (non-hydrogen) atoms. The van der Waals surface area contributed by atoms with Gasteiger partial charge in [-0.2, -0.15) is 0 Å².